The Morgan fingerprint density at radius 1 is 1.00 bits per heavy atom. The zero-order valence-electron chi connectivity index (χ0n) is 22.5. The molecule has 0 aliphatic heterocycles. The summed E-state index contributed by atoms with van der Waals surface area (Å²) in [5.74, 6) is -1.01. The number of Topliss-reactive ketones (excluding diaryl/α,β-unsaturated/α-hetero) is 3. The molecule has 0 saturated carbocycles. The van der Waals surface area contributed by atoms with Gasteiger partial charge in [-0.2, -0.15) is 19.7 Å². The number of rotatable bonds is 7. The van der Waals surface area contributed by atoms with Crippen molar-refractivity contribution in [1.29, 1.82) is 0 Å². The second-order valence-corrected chi connectivity index (χ2v) is 5.86. The molecule has 0 amide bonds. The third kappa shape index (κ3) is 179. The van der Waals surface area contributed by atoms with Crippen LogP contribution in [0.5, 0.6) is 0 Å². The number of hydrogen-bond acceptors (Lipinski definition) is 9. The Balaban J connectivity index is -0.0000000238. The Labute approximate surface area is 284 Å². The van der Waals surface area contributed by atoms with E-state index in [1.54, 1.807) is 13.8 Å². The van der Waals surface area contributed by atoms with Crippen LogP contribution in [0.25, 0.3) is 17.3 Å². The number of carbonyl (C=O) groups excluding carboxylic acids is 3. The maximum Gasteiger partial charge on any atom is 2.00 e. The summed E-state index contributed by atoms with van der Waals surface area (Å²) in [6.45, 7) is 13.5. The molecule has 0 radical (unpaired) electrons. The molecule has 0 aliphatic carbocycles. The summed E-state index contributed by atoms with van der Waals surface area (Å²) in [5.41, 5.74) is 6.41. The molecule has 0 aromatic heterocycles. The van der Waals surface area contributed by atoms with Gasteiger partial charge >= 0.3 is 63.2 Å². The van der Waals surface area contributed by atoms with E-state index in [1.165, 1.54) is 26.5 Å². The molecule has 8 N–H and O–H groups in total. The smallest absolute Gasteiger partial charge is 0.808 e. The van der Waals surface area contributed by atoms with Crippen LogP contribution in [0, 0.1) is 21.0 Å². The van der Waals surface area contributed by atoms with Crippen LogP contribution in [0.15, 0.2) is 4.99 Å². The molecule has 0 spiro atoms. The molecule has 16 heteroatoms. The number of carbonyl (C=O) groups is 3. The molecule has 0 fully saturated rings. The predicted molar refractivity (Wildman–Crippen MR) is 150 cm³/mol. The summed E-state index contributed by atoms with van der Waals surface area (Å²) in [4.78, 5) is 32.2. The van der Waals surface area contributed by atoms with E-state index in [0.717, 1.165) is 13.3 Å². The first-order valence-electron chi connectivity index (χ1n) is 9.58. The number of nitrogens with zero attached hydrogens (tertiary/aromatic N) is 2. The maximum atomic E-state index is 9.85. The number of unbranched alkanes of at least 4 members (excludes halogenated alkanes) is 1. The van der Waals surface area contributed by atoms with Crippen molar-refractivity contribution in [3.63, 3.8) is 0 Å². The number of halogens is 1. The van der Waals surface area contributed by atoms with Gasteiger partial charge in [0.2, 0.25) is 6.29 Å². The molecule has 37 heavy (non-hydrogen) atoms. The molecule has 0 rings (SSSR count). The van der Waals surface area contributed by atoms with E-state index in [-0.39, 0.29) is 118 Å². The summed E-state index contributed by atoms with van der Waals surface area (Å²) in [6, 6.07) is 0. The van der Waals surface area contributed by atoms with Gasteiger partial charge in [0.1, 0.15) is 5.78 Å². The Morgan fingerprint density at radius 3 is 1.27 bits per heavy atom. The van der Waals surface area contributed by atoms with E-state index in [4.69, 9.17) is 31.6 Å². The number of aliphatic hydroxyl groups is 4. The second kappa shape index (κ2) is 65.6. The monoisotopic (exact) mass is 1160 g/mol. The van der Waals surface area contributed by atoms with Crippen LogP contribution in [0.4, 0.5) is 0 Å². The van der Waals surface area contributed by atoms with Crippen molar-refractivity contribution in [2.24, 2.45) is 4.99 Å². The quantitative estimate of drug-likeness (QED) is 0.110. The fourth-order valence-corrected chi connectivity index (χ4v) is 0.337. The fraction of sp³-hybridized carbons (Fsp3) is 0.619. The van der Waals surface area contributed by atoms with Gasteiger partial charge < -0.3 is 59.7 Å². The Bertz CT molecular complexity index is 464. The first kappa shape index (κ1) is 71.2. The molecule has 0 aromatic rings. The van der Waals surface area contributed by atoms with E-state index in [9.17, 15) is 14.4 Å². The molecule has 12 nitrogen and oxygen atoms in total. The molecule has 222 valence electrons. The zero-order chi connectivity index (χ0) is 27.1. The summed E-state index contributed by atoms with van der Waals surface area (Å²) < 4.78 is 0. The largest absolute Gasteiger partial charge is 2.00 e. The topological polar surface area (TPSA) is 236 Å². The third-order valence-corrected chi connectivity index (χ3v) is 1.91. The van der Waals surface area contributed by atoms with Gasteiger partial charge in [0.05, 0.1) is 11.9 Å². The number of nitrogens with one attached hydrogen (secondary N) is 2. The van der Waals surface area contributed by atoms with Crippen LogP contribution in [-0.4, -0.2) is 81.8 Å². The predicted octanol–water partition coefficient (Wildman–Crippen LogP) is 2.66. The minimum atomic E-state index is -1.79. The van der Waals surface area contributed by atoms with Crippen LogP contribution in [0.3, 0.4) is 0 Å². The second-order valence-electron chi connectivity index (χ2n) is 5.86. The average molecular weight is 1160 g/mol. The van der Waals surface area contributed by atoms with Crippen molar-refractivity contribution in [3.05, 3.63) is 38.3 Å². The SMILES string of the molecule is CC(=O)C(O)O.CC(=O)C=[N-].CC(O)C[NH-].I.[CH2-]CCC.[CH2-]N=CC(C)=O.[CH2-]NCC(C)O.[NH2-].[W+2].[W+2].[W+2]. The standard InChI is InChI=1S/C4H10NO.C4H6NO.C4H9.C3H8NO.C3H4NO.C3H6O3.HI.H2N.3W/c2*1-4(6)3-5-2;1-3-4-2;2*1-3(5)2-4;1-2(4)3(5)6;;;;;/h4-6H,2-3H2,1H3;3H,2H2,1H3;1,3-4H2,2H3;3-5H,2H2,1H3;2H,1H3;3,5-6H,1H3;1H;1H2;;;/q5*-1;;;-1;3*+2. The van der Waals surface area contributed by atoms with Gasteiger partial charge in [-0.1, -0.05) is 19.6 Å². The summed E-state index contributed by atoms with van der Waals surface area (Å²) in [6.07, 6.45) is 1.46. The van der Waals surface area contributed by atoms with Crippen molar-refractivity contribution >= 4 is 53.8 Å². The summed E-state index contributed by atoms with van der Waals surface area (Å²) >= 11 is 0. The van der Waals surface area contributed by atoms with Gasteiger partial charge in [-0.25, -0.2) is 0 Å². The molecule has 0 bridgehead atoms. The minimum absolute atomic E-state index is 0. The van der Waals surface area contributed by atoms with E-state index in [0.29, 0.717) is 12.8 Å². The first-order valence-corrected chi connectivity index (χ1v) is 9.58. The molecule has 0 aromatic carbocycles. The molecule has 0 saturated heterocycles. The number of aliphatic imine (C=N–C) groups is 1. The number of nitrogens with two attached hydrogens (primary N) is 1. The van der Waals surface area contributed by atoms with Crippen LogP contribution < -0.4 is 5.32 Å². The summed E-state index contributed by atoms with van der Waals surface area (Å²) in [7, 11) is 6.39. The molecule has 2 unspecified atom stereocenters. The van der Waals surface area contributed by atoms with E-state index < -0.39 is 18.2 Å². The molecule has 2 atom stereocenters. The maximum absolute atomic E-state index is 9.85. The average Bonchev–Trinajstić information content (AvgIpc) is 2.69. The van der Waals surface area contributed by atoms with Crippen LogP contribution >= 0.6 is 24.0 Å². The van der Waals surface area contributed by atoms with Crippen molar-refractivity contribution in [2.45, 2.75) is 72.9 Å². The van der Waals surface area contributed by atoms with Gasteiger partial charge in [-0.3, -0.25) is 16.6 Å². The zero-order valence-corrected chi connectivity index (χ0v) is 33.6. The van der Waals surface area contributed by atoms with Crippen LogP contribution in [-0.2, 0) is 77.6 Å². The Hall–Kier alpha value is 0.735. The normalized spacial score (nSPS) is 9.14. The van der Waals surface area contributed by atoms with E-state index >= 15 is 0 Å². The van der Waals surface area contributed by atoms with E-state index in [1.807, 2.05) is 0 Å². The number of ketones is 3. The Morgan fingerprint density at radius 2 is 1.27 bits per heavy atom. The Kier molecular flexibility index (Phi) is 126. The van der Waals surface area contributed by atoms with Crippen LogP contribution in [0.1, 0.15) is 54.4 Å². The molecular formula is C21H46IN5O7W3. The summed E-state index contributed by atoms with van der Waals surface area (Å²) in [5, 5.41) is 42.5. The van der Waals surface area contributed by atoms with Gasteiger partial charge in [-0.05, 0) is 41.2 Å². The van der Waals surface area contributed by atoms with Gasteiger partial charge in [0.15, 0.2) is 5.78 Å². The molecular weight excluding hydrogens is 1110 g/mol. The van der Waals surface area contributed by atoms with Gasteiger partial charge in [0.25, 0.3) is 0 Å². The van der Waals surface area contributed by atoms with E-state index in [2.05, 4.69) is 38.3 Å². The van der Waals surface area contributed by atoms with Gasteiger partial charge in [-0.15, -0.1) is 30.5 Å². The molecule has 0 heterocycles. The minimum Gasteiger partial charge on any atom is -0.808 e. The van der Waals surface area contributed by atoms with Crippen molar-refractivity contribution < 1.29 is 98.0 Å². The fourth-order valence-electron chi connectivity index (χ4n) is 0.337. The van der Waals surface area contributed by atoms with Crippen molar-refractivity contribution in [2.75, 3.05) is 13.1 Å². The number of hydrogen-bond donors (Lipinski definition) is 5. The van der Waals surface area contributed by atoms with Crippen molar-refractivity contribution in [1.82, 2.24) is 5.32 Å². The third-order valence-electron chi connectivity index (χ3n) is 1.91. The number of aliphatic hydroxyl groups excluding tert-OH is 3. The van der Waals surface area contributed by atoms with Crippen LogP contribution in [0.2, 0.25) is 0 Å². The van der Waals surface area contributed by atoms with Crippen molar-refractivity contribution in [3.8, 4) is 0 Å². The van der Waals surface area contributed by atoms with Gasteiger partial charge in [0, 0.05) is 6.10 Å². The molecule has 0 aliphatic rings. The first-order chi connectivity index (χ1) is 14.6.